The predicted molar refractivity (Wildman–Crippen MR) is 84.4 cm³/mol. The van der Waals surface area contributed by atoms with Crippen LogP contribution < -0.4 is 5.32 Å². The van der Waals surface area contributed by atoms with Crippen molar-refractivity contribution in [1.29, 1.82) is 0 Å². The maximum absolute atomic E-state index is 5.94. The molecular weight excluding hydrogens is 274 g/mol. The average molecular weight is 300 g/mol. The van der Waals surface area contributed by atoms with Crippen molar-refractivity contribution in [3.05, 3.63) is 34.9 Å². The molecule has 4 heteroatoms. The lowest BCUT2D eigenvalue weighted by molar-refractivity contribution is -0.0135. The van der Waals surface area contributed by atoms with E-state index < -0.39 is 0 Å². The van der Waals surface area contributed by atoms with Gasteiger partial charge in [-0.2, -0.15) is 0 Å². The molecule has 3 nitrogen and oxygen atoms in total. The Hall–Kier alpha value is -0.610. The molecule has 0 fully saturated rings. The van der Waals surface area contributed by atoms with E-state index >= 15 is 0 Å². The summed E-state index contributed by atoms with van der Waals surface area (Å²) in [5.74, 6) is 0. The summed E-state index contributed by atoms with van der Waals surface area (Å²) in [6.45, 7) is 10.3. The van der Waals surface area contributed by atoms with Crippen molar-refractivity contribution in [2.45, 2.75) is 45.9 Å². The molecule has 0 aromatic heterocycles. The predicted octanol–water partition coefficient (Wildman–Crippen LogP) is 3.82. The minimum Gasteiger partial charge on any atom is -0.376 e. The van der Waals surface area contributed by atoms with Crippen molar-refractivity contribution in [1.82, 2.24) is 5.32 Å². The summed E-state index contributed by atoms with van der Waals surface area (Å²) >= 11 is 5.93. The molecule has 1 unspecified atom stereocenters. The van der Waals surface area contributed by atoms with Crippen molar-refractivity contribution in [3.8, 4) is 0 Å². The van der Waals surface area contributed by atoms with Gasteiger partial charge in [0.2, 0.25) is 0 Å². The van der Waals surface area contributed by atoms with Crippen LogP contribution in [-0.2, 0) is 9.47 Å². The normalized spacial score (nSPS) is 13.2. The highest BCUT2D eigenvalue weighted by molar-refractivity contribution is 6.30. The third kappa shape index (κ3) is 7.25. The quantitative estimate of drug-likeness (QED) is 0.703. The fourth-order valence-electron chi connectivity index (χ4n) is 1.77. The van der Waals surface area contributed by atoms with Crippen LogP contribution in [-0.4, -0.2) is 31.9 Å². The Morgan fingerprint density at radius 3 is 2.15 bits per heavy atom. The van der Waals surface area contributed by atoms with E-state index in [1.807, 2.05) is 38.1 Å². The Kier molecular flexibility index (Phi) is 8.15. The van der Waals surface area contributed by atoms with Gasteiger partial charge in [-0.15, -0.1) is 0 Å². The van der Waals surface area contributed by atoms with Crippen LogP contribution in [0.4, 0.5) is 0 Å². The molecule has 20 heavy (non-hydrogen) atoms. The molecule has 1 rings (SSSR count). The first-order valence-electron chi connectivity index (χ1n) is 7.21. The molecule has 0 aliphatic rings. The molecule has 0 aliphatic carbocycles. The fourth-order valence-corrected chi connectivity index (χ4v) is 1.89. The zero-order chi connectivity index (χ0) is 15.0. The number of halogens is 1. The smallest absolute Gasteiger partial charge is 0.0950 e. The van der Waals surface area contributed by atoms with Crippen LogP contribution in [0.1, 0.15) is 39.4 Å². The van der Waals surface area contributed by atoms with E-state index in [9.17, 15) is 0 Å². The summed E-state index contributed by atoms with van der Waals surface area (Å²) in [6, 6.07) is 8.25. The monoisotopic (exact) mass is 299 g/mol. The Bertz CT molecular complexity index is 365. The number of hydrogen-bond donors (Lipinski definition) is 1. The molecule has 0 aliphatic heterocycles. The molecule has 1 atom stereocenters. The van der Waals surface area contributed by atoms with Gasteiger partial charge in [-0.25, -0.2) is 0 Å². The second-order valence-corrected chi connectivity index (χ2v) is 5.83. The Labute approximate surface area is 127 Å². The molecule has 0 radical (unpaired) electrons. The summed E-state index contributed by atoms with van der Waals surface area (Å²) in [5, 5.41) is 4.15. The Morgan fingerprint density at radius 2 is 1.60 bits per heavy atom. The standard InChI is InChI=1S/C16H26ClNO2/c1-12(2)18-11-16(20-10-9-19-13(3)4)14-5-7-15(17)8-6-14/h5-8,12-13,16,18H,9-11H2,1-4H3. The highest BCUT2D eigenvalue weighted by atomic mass is 35.5. The van der Waals surface area contributed by atoms with Gasteiger partial charge in [-0.05, 0) is 31.5 Å². The van der Waals surface area contributed by atoms with Gasteiger partial charge in [0, 0.05) is 17.6 Å². The van der Waals surface area contributed by atoms with E-state index in [-0.39, 0.29) is 12.2 Å². The summed E-state index contributed by atoms with van der Waals surface area (Å²) in [6.07, 6.45) is 0.256. The largest absolute Gasteiger partial charge is 0.376 e. The number of rotatable bonds is 9. The molecule has 0 saturated carbocycles. The van der Waals surface area contributed by atoms with Gasteiger partial charge < -0.3 is 14.8 Å². The zero-order valence-corrected chi connectivity index (χ0v) is 13.6. The van der Waals surface area contributed by atoms with E-state index in [1.165, 1.54) is 0 Å². The van der Waals surface area contributed by atoms with Crippen LogP contribution >= 0.6 is 11.6 Å². The van der Waals surface area contributed by atoms with E-state index in [4.69, 9.17) is 21.1 Å². The van der Waals surface area contributed by atoms with Gasteiger partial charge in [0.15, 0.2) is 0 Å². The Morgan fingerprint density at radius 1 is 1.00 bits per heavy atom. The first kappa shape index (κ1) is 17.4. The molecular formula is C16H26ClNO2. The molecule has 1 N–H and O–H groups in total. The van der Waals surface area contributed by atoms with E-state index in [0.717, 1.165) is 17.1 Å². The van der Waals surface area contributed by atoms with E-state index in [1.54, 1.807) is 0 Å². The summed E-state index contributed by atoms with van der Waals surface area (Å²) in [4.78, 5) is 0. The van der Waals surface area contributed by atoms with Gasteiger partial charge in [0.05, 0.1) is 25.4 Å². The molecule has 0 heterocycles. The highest BCUT2D eigenvalue weighted by Crippen LogP contribution is 2.19. The minimum absolute atomic E-state index is 0.0189. The first-order valence-corrected chi connectivity index (χ1v) is 7.59. The lowest BCUT2D eigenvalue weighted by atomic mass is 10.1. The van der Waals surface area contributed by atoms with Crippen LogP contribution in [0.15, 0.2) is 24.3 Å². The van der Waals surface area contributed by atoms with E-state index in [2.05, 4.69) is 19.2 Å². The molecule has 0 bridgehead atoms. The minimum atomic E-state index is 0.0189. The van der Waals surface area contributed by atoms with Gasteiger partial charge in [0.25, 0.3) is 0 Å². The van der Waals surface area contributed by atoms with Crippen LogP contribution in [0.3, 0.4) is 0 Å². The topological polar surface area (TPSA) is 30.5 Å². The lowest BCUT2D eigenvalue weighted by Crippen LogP contribution is -2.29. The van der Waals surface area contributed by atoms with Gasteiger partial charge in [-0.1, -0.05) is 37.6 Å². The molecule has 1 aromatic carbocycles. The average Bonchev–Trinajstić information content (AvgIpc) is 2.38. The second kappa shape index (κ2) is 9.35. The van der Waals surface area contributed by atoms with Gasteiger partial charge in [-0.3, -0.25) is 0 Å². The second-order valence-electron chi connectivity index (χ2n) is 5.39. The molecule has 0 saturated heterocycles. The van der Waals surface area contributed by atoms with E-state index in [0.29, 0.717) is 19.3 Å². The van der Waals surface area contributed by atoms with Crippen molar-refractivity contribution < 1.29 is 9.47 Å². The Balaban J connectivity index is 2.53. The first-order chi connectivity index (χ1) is 9.49. The van der Waals surface area contributed by atoms with Crippen LogP contribution in [0.2, 0.25) is 5.02 Å². The highest BCUT2D eigenvalue weighted by Gasteiger charge is 2.12. The SMILES string of the molecule is CC(C)NCC(OCCOC(C)C)c1ccc(Cl)cc1. The number of benzene rings is 1. The van der Waals surface area contributed by atoms with Crippen LogP contribution in [0, 0.1) is 0 Å². The molecule has 0 amide bonds. The summed E-state index contributed by atoms with van der Waals surface area (Å²) < 4.78 is 11.4. The number of ether oxygens (including phenoxy) is 2. The van der Waals surface area contributed by atoms with Crippen molar-refractivity contribution in [2.75, 3.05) is 19.8 Å². The summed E-state index contributed by atoms with van der Waals surface area (Å²) in [7, 11) is 0. The van der Waals surface area contributed by atoms with Gasteiger partial charge in [0.1, 0.15) is 0 Å². The number of nitrogens with one attached hydrogen (secondary N) is 1. The maximum Gasteiger partial charge on any atom is 0.0950 e. The molecule has 0 spiro atoms. The third-order valence-corrected chi connectivity index (χ3v) is 3.06. The molecule has 1 aromatic rings. The van der Waals surface area contributed by atoms with Crippen molar-refractivity contribution in [2.24, 2.45) is 0 Å². The van der Waals surface area contributed by atoms with Gasteiger partial charge >= 0.3 is 0 Å². The van der Waals surface area contributed by atoms with Crippen molar-refractivity contribution >= 4 is 11.6 Å². The molecule has 114 valence electrons. The zero-order valence-electron chi connectivity index (χ0n) is 12.9. The maximum atomic E-state index is 5.94. The number of hydrogen-bond acceptors (Lipinski definition) is 3. The van der Waals surface area contributed by atoms with Crippen LogP contribution in [0.5, 0.6) is 0 Å². The fraction of sp³-hybridized carbons (Fsp3) is 0.625. The third-order valence-electron chi connectivity index (χ3n) is 2.81. The summed E-state index contributed by atoms with van der Waals surface area (Å²) in [5.41, 5.74) is 1.13. The van der Waals surface area contributed by atoms with Crippen LogP contribution in [0.25, 0.3) is 0 Å². The lowest BCUT2D eigenvalue weighted by Gasteiger charge is -2.21. The van der Waals surface area contributed by atoms with Crippen molar-refractivity contribution in [3.63, 3.8) is 0 Å².